The van der Waals surface area contributed by atoms with E-state index in [-0.39, 0.29) is 5.91 Å². The molecule has 0 bridgehead atoms. The number of amides is 1. The van der Waals surface area contributed by atoms with Crippen LogP contribution in [0.4, 0.5) is 0 Å². The first-order chi connectivity index (χ1) is 13.6. The van der Waals surface area contributed by atoms with E-state index in [4.69, 9.17) is 5.10 Å². The van der Waals surface area contributed by atoms with Crippen molar-refractivity contribution < 1.29 is 4.79 Å². The number of aromatic nitrogens is 2. The van der Waals surface area contributed by atoms with Crippen LogP contribution in [-0.2, 0) is 19.4 Å². The number of allylic oxidation sites excluding steroid dienone is 1. The lowest BCUT2D eigenvalue weighted by atomic mass is 9.88. The smallest absolute Gasteiger partial charge is 0.274 e. The largest absolute Gasteiger partial charge is 0.335 e. The van der Waals surface area contributed by atoms with Gasteiger partial charge < -0.3 is 14.7 Å². The highest BCUT2D eigenvalue weighted by Crippen LogP contribution is 2.30. The van der Waals surface area contributed by atoms with Gasteiger partial charge in [-0.25, -0.2) is 0 Å². The number of likely N-dealkylation sites (tertiary alicyclic amines) is 1. The number of piperazine rings is 1. The summed E-state index contributed by atoms with van der Waals surface area (Å²) in [6.07, 6.45) is 7.64. The molecule has 1 aromatic rings. The molecule has 2 saturated heterocycles. The van der Waals surface area contributed by atoms with Crippen LogP contribution < -0.4 is 0 Å². The molecule has 0 spiro atoms. The molecule has 3 heterocycles. The van der Waals surface area contributed by atoms with Gasteiger partial charge in [0, 0.05) is 43.5 Å². The van der Waals surface area contributed by atoms with E-state index in [1.54, 1.807) is 0 Å². The summed E-state index contributed by atoms with van der Waals surface area (Å²) in [6.45, 7) is 12.8. The highest BCUT2D eigenvalue weighted by molar-refractivity contribution is 5.94. The summed E-state index contributed by atoms with van der Waals surface area (Å²) in [4.78, 5) is 20.3. The second-order valence-corrected chi connectivity index (χ2v) is 8.96. The zero-order chi connectivity index (χ0) is 19.7. The predicted molar refractivity (Wildman–Crippen MR) is 112 cm³/mol. The Hall–Kier alpha value is -1.66. The fourth-order valence-electron chi connectivity index (χ4n) is 4.98. The minimum absolute atomic E-state index is 0.125. The third-order valence-corrected chi connectivity index (χ3v) is 6.95. The Morgan fingerprint density at radius 3 is 2.54 bits per heavy atom. The molecular formula is C22H35N5O. The number of hydrogen-bond donors (Lipinski definition) is 0. The molecule has 0 aromatic carbocycles. The van der Waals surface area contributed by atoms with Crippen LogP contribution in [0.5, 0.6) is 0 Å². The Morgan fingerprint density at radius 2 is 1.86 bits per heavy atom. The van der Waals surface area contributed by atoms with Gasteiger partial charge in [-0.2, -0.15) is 5.10 Å². The zero-order valence-electron chi connectivity index (χ0n) is 17.6. The molecular weight excluding hydrogens is 350 g/mol. The number of piperidine rings is 1. The minimum Gasteiger partial charge on any atom is -0.335 e. The van der Waals surface area contributed by atoms with Crippen molar-refractivity contribution in [2.24, 2.45) is 5.92 Å². The molecule has 154 valence electrons. The van der Waals surface area contributed by atoms with Crippen LogP contribution in [0, 0.1) is 5.92 Å². The molecule has 1 aliphatic carbocycles. The molecule has 0 N–H and O–H groups in total. The Balaban J connectivity index is 1.56. The number of likely N-dealkylation sites (N-methyl/N-ethyl adjacent to an activating group) is 1. The van der Waals surface area contributed by atoms with Gasteiger partial charge >= 0.3 is 0 Å². The van der Waals surface area contributed by atoms with E-state index in [1.165, 1.54) is 43.6 Å². The molecule has 2 fully saturated rings. The van der Waals surface area contributed by atoms with Crippen LogP contribution in [-0.4, -0.2) is 82.7 Å². The maximum absolute atomic E-state index is 13.3. The number of hydrogen-bond acceptors (Lipinski definition) is 4. The number of carbonyl (C=O) groups excluding carboxylic acids is 1. The number of rotatable bonds is 4. The van der Waals surface area contributed by atoms with E-state index in [0.717, 1.165) is 44.9 Å². The average molecular weight is 386 g/mol. The lowest BCUT2D eigenvalue weighted by Crippen LogP contribution is -2.47. The molecule has 1 atom stereocenters. The van der Waals surface area contributed by atoms with E-state index >= 15 is 0 Å². The molecule has 0 radical (unpaired) electrons. The van der Waals surface area contributed by atoms with Crippen molar-refractivity contribution in [2.45, 2.75) is 51.6 Å². The topological polar surface area (TPSA) is 44.6 Å². The molecule has 1 aromatic heterocycles. The van der Waals surface area contributed by atoms with Crippen molar-refractivity contribution in [3.63, 3.8) is 0 Å². The van der Waals surface area contributed by atoms with Crippen LogP contribution in [0.1, 0.15) is 47.9 Å². The molecule has 28 heavy (non-hydrogen) atoms. The normalized spacial score (nSPS) is 24.9. The van der Waals surface area contributed by atoms with E-state index in [1.807, 2.05) is 15.7 Å². The maximum Gasteiger partial charge on any atom is 0.274 e. The fraction of sp³-hybridized carbons (Fsp3) is 0.727. The molecule has 1 amide bonds. The Kier molecular flexibility index (Phi) is 5.88. The van der Waals surface area contributed by atoms with Crippen molar-refractivity contribution in [1.29, 1.82) is 0 Å². The van der Waals surface area contributed by atoms with Crippen LogP contribution in [0.2, 0.25) is 0 Å². The highest BCUT2D eigenvalue weighted by Gasteiger charge is 2.34. The Morgan fingerprint density at radius 1 is 1.14 bits per heavy atom. The molecule has 6 heteroatoms. The van der Waals surface area contributed by atoms with Crippen molar-refractivity contribution >= 4 is 5.91 Å². The van der Waals surface area contributed by atoms with E-state index in [2.05, 4.69) is 30.4 Å². The summed E-state index contributed by atoms with van der Waals surface area (Å²) >= 11 is 0. The first-order valence-corrected chi connectivity index (χ1v) is 11.0. The summed E-state index contributed by atoms with van der Waals surface area (Å²) in [5, 5.41) is 4.79. The third kappa shape index (κ3) is 3.90. The SMILES string of the molecule is C=CCn1nc(C(=O)N2CCN(C)CC2)c2c1CC[C@H](N1CCC(C)CC1)C2. The van der Waals surface area contributed by atoms with Crippen LogP contribution in [0.3, 0.4) is 0 Å². The van der Waals surface area contributed by atoms with E-state index < -0.39 is 0 Å². The van der Waals surface area contributed by atoms with Gasteiger partial charge in [0.2, 0.25) is 0 Å². The van der Waals surface area contributed by atoms with Gasteiger partial charge in [0.1, 0.15) is 0 Å². The lowest BCUT2D eigenvalue weighted by Gasteiger charge is -2.39. The average Bonchev–Trinajstić information content (AvgIpc) is 3.07. The highest BCUT2D eigenvalue weighted by atomic mass is 16.2. The van der Waals surface area contributed by atoms with Gasteiger partial charge in [-0.15, -0.1) is 6.58 Å². The Labute approximate surface area is 169 Å². The van der Waals surface area contributed by atoms with Gasteiger partial charge in [-0.05, 0) is 58.2 Å². The lowest BCUT2D eigenvalue weighted by molar-refractivity contribution is 0.0655. The van der Waals surface area contributed by atoms with Gasteiger partial charge in [0.05, 0.1) is 6.54 Å². The third-order valence-electron chi connectivity index (χ3n) is 6.95. The van der Waals surface area contributed by atoms with Crippen LogP contribution in [0.25, 0.3) is 0 Å². The van der Waals surface area contributed by atoms with Crippen molar-refractivity contribution in [3.8, 4) is 0 Å². The first-order valence-electron chi connectivity index (χ1n) is 11.0. The summed E-state index contributed by atoms with van der Waals surface area (Å²) < 4.78 is 2.03. The van der Waals surface area contributed by atoms with Gasteiger partial charge in [0.15, 0.2) is 5.69 Å². The molecule has 2 aliphatic heterocycles. The molecule has 6 nitrogen and oxygen atoms in total. The maximum atomic E-state index is 13.3. The molecule has 0 unspecified atom stereocenters. The van der Waals surface area contributed by atoms with Gasteiger partial charge in [-0.1, -0.05) is 13.0 Å². The number of nitrogens with zero attached hydrogens (tertiary/aromatic N) is 5. The molecule has 3 aliphatic rings. The van der Waals surface area contributed by atoms with E-state index in [9.17, 15) is 4.79 Å². The Bertz CT molecular complexity index is 711. The zero-order valence-corrected chi connectivity index (χ0v) is 17.6. The summed E-state index contributed by atoms with van der Waals surface area (Å²) in [6, 6.07) is 0.556. The minimum atomic E-state index is 0.125. The second-order valence-electron chi connectivity index (χ2n) is 8.96. The monoisotopic (exact) mass is 385 g/mol. The van der Waals surface area contributed by atoms with Gasteiger partial charge in [0.25, 0.3) is 5.91 Å². The van der Waals surface area contributed by atoms with E-state index in [0.29, 0.717) is 18.3 Å². The summed E-state index contributed by atoms with van der Waals surface area (Å²) in [5.41, 5.74) is 3.18. The van der Waals surface area contributed by atoms with Crippen LogP contribution >= 0.6 is 0 Å². The first kappa shape index (κ1) is 19.6. The van der Waals surface area contributed by atoms with Crippen LogP contribution in [0.15, 0.2) is 12.7 Å². The number of carbonyl (C=O) groups is 1. The van der Waals surface area contributed by atoms with Crippen molar-refractivity contribution in [2.75, 3.05) is 46.3 Å². The van der Waals surface area contributed by atoms with Crippen molar-refractivity contribution in [1.82, 2.24) is 24.5 Å². The summed E-state index contributed by atoms with van der Waals surface area (Å²) in [5.74, 6) is 0.972. The molecule has 0 saturated carbocycles. The standard InChI is InChI=1S/C22H35N5O/c1-4-9-27-20-6-5-18(25-10-7-17(2)8-11-25)16-19(20)21(23-27)22(28)26-14-12-24(3)13-15-26/h4,17-18H,1,5-16H2,2-3H3/t18-/m0/s1. The second kappa shape index (κ2) is 8.37. The molecule has 4 rings (SSSR count). The fourth-order valence-corrected chi connectivity index (χ4v) is 4.98. The number of fused-ring (bicyclic) bond motifs is 1. The predicted octanol–water partition coefficient (Wildman–Crippen LogP) is 2.05. The quantitative estimate of drug-likeness (QED) is 0.744. The summed E-state index contributed by atoms with van der Waals surface area (Å²) in [7, 11) is 2.12. The van der Waals surface area contributed by atoms with Gasteiger partial charge in [-0.3, -0.25) is 9.48 Å². The van der Waals surface area contributed by atoms with Crippen molar-refractivity contribution in [3.05, 3.63) is 29.6 Å².